The topological polar surface area (TPSA) is 30.5 Å². The zero-order valence-electron chi connectivity index (χ0n) is 11.2. The minimum Gasteiger partial charge on any atom is -0.372 e. The molecular weight excluding hydrogens is 202 g/mol. The Bertz CT molecular complexity index is 270. The Kier molecular flexibility index (Phi) is 2.84. The molecule has 0 amide bonds. The highest BCUT2D eigenvalue weighted by molar-refractivity contribution is 5.12. The predicted octanol–water partition coefficient (Wildman–Crippen LogP) is 1.96. The van der Waals surface area contributed by atoms with E-state index in [-0.39, 0.29) is 16.6 Å². The van der Waals surface area contributed by atoms with Gasteiger partial charge in [0.1, 0.15) is 5.60 Å². The summed E-state index contributed by atoms with van der Waals surface area (Å²) in [6, 6.07) is 0.353. The lowest BCUT2D eigenvalue weighted by Gasteiger charge is -2.53. The molecule has 0 aromatic rings. The van der Waals surface area contributed by atoms with E-state index in [1.54, 1.807) is 0 Å². The molecule has 0 aromatic carbocycles. The highest BCUT2D eigenvalue weighted by Crippen LogP contribution is 2.47. The van der Waals surface area contributed by atoms with Gasteiger partial charge in [0.2, 0.25) is 0 Å². The van der Waals surface area contributed by atoms with Crippen LogP contribution >= 0.6 is 0 Å². The molecule has 94 valence electrons. The Morgan fingerprint density at radius 3 is 2.31 bits per heavy atom. The largest absolute Gasteiger partial charge is 0.372 e. The summed E-state index contributed by atoms with van der Waals surface area (Å²) in [5.74, 6) is 0. The lowest BCUT2D eigenvalue weighted by atomic mass is 9.68. The quantitative estimate of drug-likeness (QED) is 0.686. The molecule has 2 aliphatic rings. The van der Waals surface area contributed by atoms with E-state index >= 15 is 0 Å². The summed E-state index contributed by atoms with van der Waals surface area (Å²) in [6.45, 7) is 13.7. The lowest BCUT2D eigenvalue weighted by Crippen LogP contribution is -2.69. The molecule has 0 aliphatic carbocycles. The van der Waals surface area contributed by atoms with E-state index in [1.807, 2.05) is 0 Å². The van der Waals surface area contributed by atoms with Crippen molar-refractivity contribution in [1.82, 2.24) is 5.32 Å². The van der Waals surface area contributed by atoms with Crippen molar-refractivity contribution < 1.29 is 9.47 Å². The summed E-state index contributed by atoms with van der Waals surface area (Å²) in [6.07, 6.45) is 0.995. The minimum atomic E-state index is -0.196. The molecule has 0 saturated carbocycles. The highest BCUT2D eigenvalue weighted by Gasteiger charge is 2.59. The molecule has 3 heteroatoms. The van der Waals surface area contributed by atoms with Gasteiger partial charge in [-0.15, -0.1) is 0 Å². The van der Waals surface area contributed by atoms with Crippen molar-refractivity contribution in [3.8, 4) is 0 Å². The maximum atomic E-state index is 6.19. The van der Waals surface area contributed by atoms with Crippen molar-refractivity contribution >= 4 is 0 Å². The van der Waals surface area contributed by atoms with Crippen molar-refractivity contribution in [2.24, 2.45) is 5.41 Å². The van der Waals surface area contributed by atoms with Crippen LogP contribution in [0.4, 0.5) is 0 Å². The van der Waals surface area contributed by atoms with E-state index in [0.717, 1.165) is 26.2 Å². The maximum absolute atomic E-state index is 6.19. The third-order valence-electron chi connectivity index (χ3n) is 4.10. The Labute approximate surface area is 98.9 Å². The molecule has 0 bridgehead atoms. The number of hydrogen-bond acceptors (Lipinski definition) is 3. The highest BCUT2D eigenvalue weighted by atomic mass is 16.6. The second-order valence-electron chi connectivity index (χ2n) is 6.60. The number of nitrogens with one attached hydrogen (secondary N) is 1. The predicted molar refractivity (Wildman–Crippen MR) is 64.6 cm³/mol. The summed E-state index contributed by atoms with van der Waals surface area (Å²) in [5, 5.41) is 3.64. The molecule has 2 fully saturated rings. The fourth-order valence-electron chi connectivity index (χ4n) is 3.31. The number of hydrogen-bond donors (Lipinski definition) is 1. The van der Waals surface area contributed by atoms with Crippen LogP contribution in [0.5, 0.6) is 0 Å². The van der Waals surface area contributed by atoms with Crippen LogP contribution in [-0.4, -0.2) is 37.0 Å². The lowest BCUT2D eigenvalue weighted by molar-refractivity contribution is -0.187. The molecule has 2 rings (SSSR count). The number of rotatable bonds is 0. The molecule has 2 saturated heterocycles. The smallest absolute Gasteiger partial charge is 0.114 e. The van der Waals surface area contributed by atoms with Gasteiger partial charge in [0.15, 0.2) is 0 Å². The van der Waals surface area contributed by atoms with Gasteiger partial charge in [-0.3, -0.25) is 0 Å². The second kappa shape index (κ2) is 3.69. The summed E-state index contributed by atoms with van der Waals surface area (Å²) < 4.78 is 12.1. The van der Waals surface area contributed by atoms with E-state index in [0.29, 0.717) is 6.04 Å². The Morgan fingerprint density at radius 2 is 1.81 bits per heavy atom. The van der Waals surface area contributed by atoms with Crippen molar-refractivity contribution in [3.63, 3.8) is 0 Å². The summed E-state index contributed by atoms with van der Waals surface area (Å²) in [5.41, 5.74) is -0.173. The average molecular weight is 227 g/mol. The molecule has 0 aromatic heterocycles. The molecule has 2 aliphatic heterocycles. The minimum absolute atomic E-state index is 0.163. The van der Waals surface area contributed by atoms with Crippen molar-refractivity contribution in [1.29, 1.82) is 0 Å². The van der Waals surface area contributed by atoms with E-state index < -0.39 is 0 Å². The first-order valence-corrected chi connectivity index (χ1v) is 6.31. The van der Waals surface area contributed by atoms with E-state index in [4.69, 9.17) is 9.47 Å². The number of morpholine rings is 1. The van der Waals surface area contributed by atoms with Crippen molar-refractivity contribution in [2.45, 2.75) is 58.3 Å². The molecule has 1 spiro atoms. The van der Waals surface area contributed by atoms with Crippen LogP contribution in [0.1, 0.15) is 41.0 Å². The third-order valence-corrected chi connectivity index (χ3v) is 4.10. The molecular formula is C13H25NO2. The van der Waals surface area contributed by atoms with Crippen LogP contribution in [0.3, 0.4) is 0 Å². The standard InChI is InChI=1S/C13H25NO2/c1-11(2,3)10-13(16-9-7-14-10)6-8-15-12(13,4)5/h10,14H,6-9H2,1-5H3. The van der Waals surface area contributed by atoms with E-state index in [2.05, 4.69) is 39.9 Å². The van der Waals surface area contributed by atoms with Crippen LogP contribution in [0.15, 0.2) is 0 Å². The summed E-state index contributed by atoms with van der Waals surface area (Å²) in [7, 11) is 0. The zero-order valence-corrected chi connectivity index (χ0v) is 11.2. The normalized spacial score (nSPS) is 39.2. The van der Waals surface area contributed by atoms with Gasteiger partial charge < -0.3 is 14.8 Å². The van der Waals surface area contributed by atoms with Gasteiger partial charge in [0, 0.05) is 19.0 Å². The molecule has 2 heterocycles. The molecule has 1 N–H and O–H groups in total. The van der Waals surface area contributed by atoms with Gasteiger partial charge in [0.05, 0.1) is 18.8 Å². The third kappa shape index (κ3) is 1.69. The van der Waals surface area contributed by atoms with Crippen LogP contribution in [0.25, 0.3) is 0 Å². The fraction of sp³-hybridized carbons (Fsp3) is 1.00. The Hall–Kier alpha value is -0.120. The van der Waals surface area contributed by atoms with Gasteiger partial charge in [0.25, 0.3) is 0 Å². The molecule has 3 nitrogen and oxygen atoms in total. The van der Waals surface area contributed by atoms with Crippen LogP contribution in [0, 0.1) is 5.41 Å². The van der Waals surface area contributed by atoms with Crippen molar-refractivity contribution in [2.75, 3.05) is 19.8 Å². The molecule has 16 heavy (non-hydrogen) atoms. The van der Waals surface area contributed by atoms with E-state index in [9.17, 15) is 0 Å². The molecule has 0 radical (unpaired) electrons. The van der Waals surface area contributed by atoms with Crippen molar-refractivity contribution in [3.05, 3.63) is 0 Å². The fourth-order valence-corrected chi connectivity index (χ4v) is 3.31. The maximum Gasteiger partial charge on any atom is 0.114 e. The van der Waals surface area contributed by atoms with Crippen LogP contribution < -0.4 is 5.32 Å². The van der Waals surface area contributed by atoms with Gasteiger partial charge in [-0.05, 0) is 19.3 Å². The first kappa shape index (κ1) is 12.3. The SMILES string of the molecule is CC(C)(C)C1NCCOC12CCOC2(C)C. The summed E-state index contributed by atoms with van der Waals surface area (Å²) >= 11 is 0. The second-order valence-corrected chi connectivity index (χ2v) is 6.60. The molecule has 2 unspecified atom stereocenters. The van der Waals surface area contributed by atoms with Gasteiger partial charge in [-0.2, -0.15) is 0 Å². The first-order chi connectivity index (χ1) is 7.30. The first-order valence-electron chi connectivity index (χ1n) is 6.31. The monoisotopic (exact) mass is 227 g/mol. The molecule has 2 atom stereocenters. The Morgan fingerprint density at radius 1 is 1.12 bits per heavy atom. The zero-order chi connectivity index (χ0) is 12.0. The van der Waals surface area contributed by atoms with Crippen LogP contribution in [-0.2, 0) is 9.47 Å². The summed E-state index contributed by atoms with van der Waals surface area (Å²) in [4.78, 5) is 0. The van der Waals surface area contributed by atoms with Gasteiger partial charge in [-0.1, -0.05) is 20.8 Å². The average Bonchev–Trinajstić information content (AvgIpc) is 2.42. The number of ether oxygens (including phenoxy) is 2. The van der Waals surface area contributed by atoms with Crippen LogP contribution in [0.2, 0.25) is 0 Å². The van der Waals surface area contributed by atoms with Gasteiger partial charge >= 0.3 is 0 Å². The van der Waals surface area contributed by atoms with E-state index in [1.165, 1.54) is 0 Å². The van der Waals surface area contributed by atoms with Gasteiger partial charge in [-0.25, -0.2) is 0 Å². The Balaban J connectivity index is 2.35.